The van der Waals surface area contributed by atoms with Crippen LogP contribution < -0.4 is 0 Å². The standard InChI is InChI=1S/C15H20ClFO/c1-10-7-14(2,3)9-15(10,18)8-11-4-5-12(16)13(17)6-11/h4-6,10,18H,7-9H2,1-3H3. The van der Waals surface area contributed by atoms with E-state index in [9.17, 15) is 9.50 Å². The van der Waals surface area contributed by atoms with E-state index in [2.05, 4.69) is 20.8 Å². The van der Waals surface area contributed by atoms with E-state index in [1.807, 2.05) is 0 Å². The van der Waals surface area contributed by atoms with Gasteiger partial charge in [-0.1, -0.05) is 38.4 Å². The molecule has 3 heteroatoms. The van der Waals surface area contributed by atoms with E-state index in [0.717, 1.165) is 18.4 Å². The van der Waals surface area contributed by atoms with Crippen LogP contribution in [0.1, 0.15) is 39.2 Å². The molecule has 1 fully saturated rings. The third-order valence-corrected chi connectivity index (χ3v) is 4.36. The van der Waals surface area contributed by atoms with Gasteiger partial charge in [-0.2, -0.15) is 0 Å². The smallest absolute Gasteiger partial charge is 0.142 e. The highest BCUT2D eigenvalue weighted by Gasteiger charge is 2.47. The molecule has 0 aliphatic heterocycles. The van der Waals surface area contributed by atoms with Crippen LogP contribution in [0, 0.1) is 17.2 Å². The lowest BCUT2D eigenvalue weighted by atomic mass is 9.84. The summed E-state index contributed by atoms with van der Waals surface area (Å²) in [6, 6.07) is 4.78. The van der Waals surface area contributed by atoms with Gasteiger partial charge >= 0.3 is 0 Å². The zero-order valence-corrected chi connectivity index (χ0v) is 11.9. The Labute approximate surface area is 113 Å². The Morgan fingerprint density at radius 3 is 2.61 bits per heavy atom. The summed E-state index contributed by atoms with van der Waals surface area (Å²) in [5.41, 5.74) is 0.229. The molecule has 0 amide bonds. The topological polar surface area (TPSA) is 20.2 Å². The van der Waals surface area contributed by atoms with Gasteiger partial charge in [-0.15, -0.1) is 0 Å². The predicted molar refractivity (Wildman–Crippen MR) is 72.2 cm³/mol. The maximum Gasteiger partial charge on any atom is 0.142 e. The zero-order valence-electron chi connectivity index (χ0n) is 11.1. The third kappa shape index (κ3) is 2.70. The summed E-state index contributed by atoms with van der Waals surface area (Å²) in [4.78, 5) is 0. The number of benzene rings is 1. The van der Waals surface area contributed by atoms with Gasteiger partial charge in [0.2, 0.25) is 0 Å². The lowest BCUT2D eigenvalue weighted by molar-refractivity contribution is 0.00441. The minimum Gasteiger partial charge on any atom is -0.389 e. The van der Waals surface area contributed by atoms with Crippen LogP contribution in [-0.4, -0.2) is 10.7 Å². The van der Waals surface area contributed by atoms with Gasteiger partial charge < -0.3 is 5.11 Å². The van der Waals surface area contributed by atoms with Gasteiger partial charge in [-0.25, -0.2) is 4.39 Å². The third-order valence-electron chi connectivity index (χ3n) is 4.06. The molecule has 2 unspecified atom stereocenters. The van der Waals surface area contributed by atoms with Crippen LogP contribution in [0.3, 0.4) is 0 Å². The monoisotopic (exact) mass is 270 g/mol. The Balaban J connectivity index is 2.20. The number of rotatable bonds is 2. The van der Waals surface area contributed by atoms with Crippen molar-refractivity contribution in [2.75, 3.05) is 0 Å². The Morgan fingerprint density at radius 1 is 1.44 bits per heavy atom. The van der Waals surface area contributed by atoms with Crippen molar-refractivity contribution in [1.29, 1.82) is 0 Å². The van der Waals surface area contributed by atoms with Crippen molar-refractivity contribution in [3.63, 3.8) is 0 Å². The van der Waals surface area contributed by atoms with Crippen LogP contribution >= 0.6 is 11.6 Å². The molecule has 1 aliphatic carbocycles. The Morgan fingerprint density at radius 2 is 2.11 bits per heavy atom. The van der Waals surface area contributed by atoms with Crippen LogP contribution in [-0.2, 0) is 6.42 Å². The molecule has 2 atom stereocenters. The average Bonchev–Trinajstić information content (AvgIpc) is 2.41. The SMILES string of the molecule is CC1CC(C)(C)CC1(O)Cc1ccc(Cl)c(F)c1. The maximum absolute atomic E-state index is 13.4. The fourth-order valence-electron chi connectivity index (χ4n) is 3.33. The van der Waals surface area contributed by atoms with E-state index in [4.69, 9.17) is 11.6 Å². The van der Waals surface area contributed by atoms with Crippen molar-refractivity contribution in [2.24, 2.45) is 11.3 Å². The first-order chi connectivity index (χ1) is 8.22. The van der Waals surface area contributed by atoms with E-state index in [1.165, 1.54) is 6.07 Å². The Kier molecular flexibility index (Phi) is 3.46. The molecular weight excluding hydrogens is 251 g/mol. The summed E-state index contributed by atoms with van der Waals surface area (Å²) < 4.78 is 13.4. The molecule has 0 bridgehead atoms. The highest BCUT2D eigenvalue weighted by molar-refractivity contribution is 6.30. The molecule has 0 heterocycles. The molecule has 1 aromatic rings. The molecule has 1 aromatic carbocycles. The molecule has 0 saturated heterocycles. The van der Waals surface area contributed by atoms with Crippen molar-refractivity contribution >= 4 is 11.6 Å². The molecule has 1 saturated carbocycles. The van der Waals surface area contributed by atoms with E-state index >= 15 is 0 Å². The normalized spacial score (nSPS) is 30.7. The van der Waals surface area contributed by atoms with Crippen LogP contribution in [0.25, 0.3) is 0 Å². The number of hydrogen-bond acceptors (Lipinski definition) is 1. The van der Waals surface area contributed by atoms with Crippen molar-refractivity contribution in [2.45, 2.75) is 45.6 Å². The number of halogens is 2. The summed E-state index contributed by atoms with van der Waals surface area (Å²) in [7, 11) is 0. The fraction of sp³-hybridized carbons (Fsp3) is 0.600. The van der Waals surface area contributed by atoms with Crippen LogP contribution in [0.15, 0.2) is 18.2 Å². The quantitative estimate of drug-likeness (QED) is 0.854. The number of hydrogen-bond donors (Lipinski definition) is 1. The second kappa shape index (κ2) is 4.50. The first-order valence-corrected chi connectivity index (χ1v) is 6.76. The van der Waals surface area contributed by atoms with Gasteiger partial charge in [-0.3, -0.25) is 0 Å². The van der Waals surface area contributed by atoms with Gasteiger partial charge in [0.1, 0.15) is 5.82 Å². The molecule has 1 aliphatic rings. The summed E-state index contributed by atoms with van der Waals surface area (Å²) in [5.74, 6) is -0.186. The summed E-state index contributed by atoms with van der Waals surface area (Å²) in [6.07, 6.45) is 2.25. The number of aliphatic hydroxyl groups is 1. The van der Waals surface area contributed by atoms with E-state index in [0.29, 0.717) is 6.42 Å². The minimum atomic E-state index is -0.732. The first kappa shape index (κ1) is 13.8. The molecule has 0 spiro atoms. The van der Waals surface area contributed by atoms with Gasteiger partial charge in [0.25, 0.3) is 0 Å². The van der Waals surface area contributed by atoms with Gasteiger partial charge in [0.05, 0.1) is 10.6 Å². The van der Waals surface area contributed by atoms with Crippen LogP contribution in [0.5, 0.6) is 0 Å². The Hall–Kier alpha value is -0.600. The molecule has 1 nitrogen and oxygen atoms in total. The summed E-state index contributed by atoms with van der Waals surface area (Å²) >= 11 is 5.67. The summed E-state index contributed by atoms with van der Waals surface area (Å²) in [5, 5.41) is 10.9. The first-order valence-electron chi connectivity index (χ1n) is 6.38. The van der Waals surface area contributed by atoms with Crippen LogP contribution in [0.2, 0.25) is 5.02 Å². The zero-order chi connectivity index (χ0) is 13.6. The molecular formula is C15H20ClFO. The highest BCUT2D eigenvalue weighted by Crippen LogP contribution is 2.48. The van der Waals surface area contributed by atoms with E-state index in [1.54, 1.807) is 12.1 Å². The minimum absolute atomic E-state index is 0.130. The lowest BCUT2D eigenvalue weighted by Gasteiger charge is -2.28. The molecule has 0 aromatic heterocycles. The van der Waals surface area contributed by atoms with Gasteiger partial charge in [-0.05, 0) is 41.9 Å². The van der Waals surface area contributed by atoms with Crippen molar-refractivity contribution in [3.8, 4) is 0 Å². The highest BCUT2D eigenvalue weighted by atomic mass is 35.5. The van der Waals surface area contributed by atoms with Crippen molar-refractivity contribution in [1.82, 2.24) is 0 Å². The molecule has 100 valence electrons. The molecule has 1 N–H and O–H groups in total. The van der Waals surface area contributed by atoms with Crippen molar-refractivity contribution < 1.29 is 9.50 Å². The predicted octanol–water partition coefficient (Wildman–Crippen LogP) is 4.21. The van der Waals surface area contributed by atoms with E-state index in [-0.39, 0.29) is 16.4 Å². The largest absolute Gasteiger partial charge is 0.389 e. The van der Waals surface area contributed by atoms with E-state index < -0.39 is 11.4 Å². The average molecular weight is 271 g/mol. The van der Waals surface area contributed by atoms with Gasteiger partial charge in [0.15, 0.2) is 0 Å². The molecule has 18 heavy (non-hydrogen) atoms. The molecule has 0 radical (unpaired) electrons. The second-order valence-electron chi connectivity index (χ2n) is 6.47. The maximum atomic E-state index is 13.4. The second-order valence-corrected chi connectivity index (χ2v) is 6.88. The molecule has 2 rings (SSSR count). The fourth-order valence-corrected chi connectivity index (χ4v) is 3.45. The Bertz CT molecular complexity index is 458. The van der Waals surface area contributed by atoms with Crippen molar-refractivity contribution in [3.05, 3.63) is 34.6 Å². The summed E-state index contributed by atoms with van der Waals surface area (Å²) in [6.45, 7) is 6.41. The van der Waals surface area contributed by atoms with Crippen LogP contribution in [0.4, 0.5) is 4.39 Å². The lowest BCUT2D eigenvalue weighted by Crippen LogP contribution is -2.34. The van der Waals surface area contributed by atoms with Gasteiger partial charge in [0, 0.05) is 6.42 Å².